The van der Waals surface area contributed by atoms with Crippen LogP contribution >= 0.6 is 0 Å². The van der Waals surface area contributed by atoms with Gasteiger partial charge >= 0.3 is 0 Å². The fourth-order valence-electron chi connectivity index (χ4n) is 3.51. The largest absolute Gasteiger partial charge is 0.0807 e. The Hall–Kier alpha value is -2.34. The van der Waals surface area contributed by atoms with Gasteiger partial charge in [0.15, 0.2) is 0 Å². The Morgan fingerprint density at radius 2 is 1.48 bits per heavy atom. The summed E-state index contributed by atoms with van der Waals surface area (Å²) in [4.78, 5) is 0. The molecule has 0 spiro atoms. The predicted molar refractivity (Wildman–Crippen MR) is 131 cm³/mol. The fourth-order valence-corrected chi connectivity index (χ4v) is 3.51. The van der Waals surface area contributed by atoms with Gasteiger partial charge in [0.1, 0.15) is 0 Å². The first-order valence-electron chi connectivity index (χ1n) is 11.3. The molecule has 2 aromatic rings. The average Bonchev–Trinajstić information content (AvgIpc) is 3.08. The zero-order chi connectivity index (χ0) is 21.1. The van der Waals surface area contributed by atoms with Crippen molar-refractivity contribution in [3.05, 3.63) is 90.0 Å². The highest BCUT2D eigenvalue weighted by atomic mass is 14.3. The molecule has 0 nitrogen and oxygen atoms in total. The van der Waals surface area contributed by atoms with Crippen molar-refractivity contribution in [2.75, 3.05) is 0 Å². The van der Waals surface area contributed by atoms with Gasteiger partial charge in [-0.2, -0.15) is 0 Å². The van der Waals surface area contributed by atoms with E-state index in [-0.39, 0.29) is 5.41 Å². The Morgan fingerprint density at radius 3 is 2.10 bits per heavy atom. The Labute approximate surface area is 179 Å². The van der Waals surface area contributed by atoms with Crippen molar-refractivity contribution in [3.63, 3.8) is 0 Å². The first-order valence-corrected chi connectivity index (χ1v) is 11.3. The van der Waals surface area contributed by atoms with E-state index in [4.69, 9.17) is 0 Å². The first kappa shape index (κ1) is 22.9. The minimum absolute atomic E-state index is 0.204. The van der Waals surface area contributed by atoms with Crippen molar-refractivity contribution in [1.82, 2.24) is 0 Å². The van der Waals surface area contributed by atoms with E-state index in [1.165, 1.54) is 40.7 Å². The predicted octanol–water partition coefficient (Wildman–Crippen LogP) is 9.14. The molecule has 0 atom stereocenters. The van der Waals surface area contributed by atoms with Crippen LogP contribution in [0, 0.1) is 0 Å². The zero-order valence-corrected chi connectivity index (χ0v) is 19.0. The van der Waals surface area contributed by atoms with E-state index < -0.39 is 0 Å². The molecule has 0 heterocycles. The van der Waals surface area contributed by atoms with E-state index >= 15 is 0 Å². The van der Waals surface area contributed by atoms with Crippen molar-refractivity contribution in [2.45, 2.75) is 72.1 Å². The molecule has 3 rings (SSSR count). The SMILES string of the molecule is CCC(C)(CC)c1ccc(-c2ccccc2)cc1C1=CC=CCC=C1.CCCC. The third kappa shape index (κ3) is 6.07. The monoisotopic (exact) mass is 386 g/mol. The zero-order valence-electron chi connectivity index (χ0n) is 19.0. The van der Waals surface area contributed by atoms with Crippen LogP contribution in [0.5, 0.6) is 0 Å². The molecule has 0 heteroatoms. The molecule has 0 aliphatic heterocycles. The van der Waals surface area contributed by atoms with E-state index in [1.54, 1.807) is 0 Å². The second-order valence-corrected chi connectivity index (χ2v) is 8.08. The van der Waals surface area contributed by atoms with Crippen LogP contribution in [0.2, 0.25) is 0 Å². The summed E-state index contributed by atoms with van der Waals surface area (Å²) < 4.78 is 0. The van der Waals surface area contributed by atoms with Gasteiger partial charge in [-0.05, 0) is 58.6 Å². The van der Waals surface area contributed by atoms with Gasteiger partial charge in [-0.15, -0.1) is 0 Å². The Morgan fingerprint density at radius 1 is 0.793 bits per heavy atom. The second kappa shape index (κ2) is 11.6. The Bertz CT molecular complexity index is 828. The lowest BCUT2D eigenvalue weighted by Gasteiger charge is -2.30. The first-order chi connectivity index (χ1) is 14.1. The number of benzene rings is 2. The quantitative estimate of drug-likeness (QED) is 0.464. The number of hydrogen-bond acceptors (Lipinski definition) is 0. The van der Waals surface area contributed by atoms with Gasteiger partial charge in [0.25, 0.3) is 0 Å². The minimum Gasteiger partial charge on any atom is -0.0807 e. The Kier molecular flexibility index (Phi) is 9.19. The molecule has 1 aliphatic carbocycles. The summed E-state index contributed by atoms with van der Waals surface area (Å²) in [6, 6.07) is 17.7. The van der Waals surface area contributed by atoms with Crippen LogP contribution in [0.15, 0.2) is 78.9 Å². The highest BCUT2D eigenvalue weighted by Gasteiger charge is 2.26. The number of unbranched alkanes of at least 4 members (excludes halogenated alkanes) is 1. The van der Waals surface area contributed by atoms with Crippen LogP contribution in [0.25, 0.3) is 16.7 Å². The molecule has 0 unspecified atom stereocenters. The summed E-state index contributed by atoms with van der Waals surface area (Å²) in [5.74, 6) is 0. The van der Waals surface area contributed by atoms with Crippen molar-refractivity contribution >= 4 is 5.57 Å². The maximum absolute atomic E-state index is 2.39. The van der Waals surface area contributed by atoms with Crippen LogP contribution in [0.3, 0.4) is 0 Å². The number of hydrogen-bond donors (Lipinski definition) is 0. The normalized spacial score (nSPS) is 13.3. The van der Waals surface area contributed by atoms with Gasteiger partial charge in [-0.3, -0.25) is 0 Å². The minimum atomic E-state index is 0.204. The van der Waals surface area contributed by atoms with Gasteiger partial charge in [-0.25, -0.2) is 0 Å². The van der Waals surface area contributed by atoms with Crippen LogP contribution < -0.4 is 0 Å². The second-order valence-electron chi connectivity index (χ2n) is 8.08. The maximum atomic E-state index is 2.39. The molecular weight excluding hydrogens is 348 g/mol. The molecule has 2 aromatic carbocycles. The molecule has 154 valence electrons. The molecule has 0 radical (unpaired) electrons. The summed E-state index contributed by atoms with van der Waals surface area (Å²) >= 11 is 0. The molecule has 0 aromatic heterocycles. The smallest absolute Gasteiger partial charge is 0.00743 e. The average molecular weight is 387 g/mol. The van der Waals surface area contributed by atoms with E-state index in [0.29, 0.717) is 0 Å². The number of allylic oxidation sites excluding steroid dienone is 6. The topological polar surface area (TPSA) is 0 Å². The lowest BCUT2D eigenvalue weighted by Crippen LogP contribution is -2.21. The van der Waals surface area contributed by atoms with E-state index in [1.807, 2.05) is 0 Å². The lowest BCUT2D eigenvalue weighted by atomic mass is 9.74. The van der Waals surface area contributed by atoms with Crippen molar-refractivity contribution in [2.24, 2.45) is 0 Å². The van der Waals surface area contributed by atoms with E-state index in [0.717, 1.165) is 19.3 Å². The fraction of sp³-hybridized carbons (Fsp3) is 0.379. The maximum Gasteiger partial charge on any atom is -0.00743 e. The highest BCUT2D eigenvalue weighted by Crippen LogP contribution is 2.38. The summed E-state index contributed by atoms with van der Waals surface area (Å²) in [6.07, 6.45) is 17.1. The molecule has 0 fully saturated rings. The molecule has 0 amide bonds. The van der Waals surface area contributed by atoms with E-state index in [2.05, 4.69) is 114 Å². The van der Waals surface area contributed by atoms with Gasteiger partial charge in [0.2, 0.25) is 0 Å². The van der Waals surface area contributed by atoms with Crippen LogP contribution in [0.4, 0.5) is 0 Å². The van der Waals surface area contributed by atoms with Gasteiger partial charge in [0.05, 0.1) is 0 Å². The summed E-state index contributed by atoms with van der Waals surface area (Å²) in [7, 11) is 0. The molecule has 0 saturated heterocycles. The highest BCUT2D eigenvalue weighted by molar-refractivity contribution is 5.81. The third-order valence-corrected chi connectivity index (χ3v) is 6.13. The molecule has 0 saturated carbocycles. The summed E-state index contributed by atoms with van der Waals surface area (Å²) in [6.45, 7) is 11.4. The standard InChI is InChI=1S/C25H28.C4H10/c1-4-25(3,5-2)24-18-17-22(20-13-11-8-12-14-20)19-23(24)21-15-9-6-7-10-16-21;1-3-4-2/h6,8-19H,4-5,7H2,1-3H3;3-4H2,1-2H3. The van der Waals surface area contributed by atoms with Gasteiger partial charge in [-0.1, -0.05) is 120 Å². The molecule has 1 aliphatic rings. The van der Waals surface area contributed by atoms with Crippen molar-refractivity contribution < 1.29 is 0 Å². The van der Waals surface area contributed by atoms with Gasteiger partial charge < -0.3 is 0 Å². The summed E-state index contributed by atoms with van der Waals surface area (Å²) in [5.41, 5.74) is 6.92. The van der Waals surface area contributed by atoms with E-state index in [9.17, 15) is 0 Å². The molecular formula is C29H38. The third-order valence-electron chi connectivity index (χ3n) is 6.13. The van der Waals surface area contributed by atoms with Crippen molar-refractivity contribution in [3.8, 4) is 11.1 Å². The molecule has 29 heavy (non-hydrogen) atoms. The van der Waals surface area contributed by atoms with Crippen LogP contribution in [-0.4, -0.2) is 0 Å². The van der Waals surface area contributed by atoms with Crippen LogP contribution in [-0.2, 0) is 5.41 Å². The lowest BCUT2D eigenvalue weighted by molar-refractivity contribution is 0.438. The summed E-state index contributed by atoms with van der Waals surface area (Å²) in [5, 5.41) is 0. The van der Waals surface area contributed by atoms with Gasteiger partial charge in [0, 0.05) is 0 Å². The van der Waals surface area contributed by atoms with Crippen molar-refractivity contribution in [1.29, 1.82) is 0 Å². The molecule has 0 N–H and O–H groups in total. The Balaban J connectivity index is 0.000000687. The number of rotatable bonds is 6. The molecule has 0 bridgehead atoms. The van der Waals surface area contributed by atoms with Crippen LogP contribution in [0.1, 0.15) is 77.8 Å².